The molecule has 1 aliphatic heterocycles. The number of benzene rings is 1. The molecule has 1 heterocycles. The van der Waals surface area contributed by atoms with Crippen LogP contribution in [0.15, 0.2) is 18.2 Å². The first-order chi connectivity index (χ1) is 8.06. The van der Waals surface area contributed by atoms with Crippen molar-refractivity contribution in [2.75, 3.05) is 27.2 Å². The molecule has 0 amide bonds. The minimum atomic E-state index is -0.887. The number of rotatable bonds is 3. The highest BCUT2D eigenvalue weighted by Gasteiger charge is 2.21. The van der Waals surface area contributed by atoms with Gasteiger partial charge in [-0.3, -0.25) is 0 Å². The summed E-state index contributed by atoms with van der Waals surface area (Å²) in [6.07, 6.45) is 0.884. The molecule has 1 atom stereocenters. The Balaban J connectivity index is 2.17. The number of carbonyl (C=O) groups is 1. The van der Waals surface area contributed by atoms with Crippen molar-refractivity contribution in [3.8, 4) is 5.75 Å². The standard InChI is InChI=1S/C13H17NO3/c1-14(2)7-9-5-11-6-10(13(15)16)3-4-12(11)17-8-9/h3-4,6,9H,5,7-8H2,1-2H3,(H,15,16). The van der Waals surface area contributed by atoms with E-state index in [1.54, 1.807) is 18.2 Å². The van der Waals surface area contributed by atoms with E-state index in [0.717, 1.165) is 24.3 Å². The predicted octanol–water partition coefficient (Wildman–Crippen LogP) is 1.50. The zero-order valence-corrected chi connectivity index (χ0v) is 10.1. The van der Waals surface area contributed by atoms with Crippen LogP contribution in [0.25, 0.3) is 0 Å². The number of ether oxygens (including phenoxy) is 1. The van der Waals surface area contributed by atoms with Crippen LogP contribution in [0.2, 0.25) is 0 Å². The average Bonchev–Trinajstić information content (AvgIpc) is 2.27. The number of nitrogens with zero attached hydrogens (tertiary/aromatic N) is 1. The Hall–Kier alpha value is -1.55. The summed E-state index contributed by atoms with van der Waals surface area (Å²) in [7, 11) is 4.06. The zero-order valence-electron chi connectivity index (χ0n) is 10.1. The van der Waals surface area contributed by atoms with E-state index in [4.69, 9.17) is 9.84 Å². The molecular formula is C13H17NO3. The summed E-state index contributed by atoms with van der Waals surface area (Å²) >= 11 is 0. The minimum Gasteiger partial charge on any atom is -0.493 e. The third-order valence-electron chi connectivity index (χ3n) is 2.91. The molecule has 0 aliphatic carbocycles. The fourth-order valence-electron chi connectivity index (χ4n) is 2.22. The van der Waals surface area contributed by atoms with Crippen LogP contribution in [0.5, 0.6) is 5.75 Å². The van der Waals surface area contributed by atoms with Gasteiger partial charge in [-0.15, -0.1) is 0 Å². The number of hydrogen-bond acceptors (Lipinski definition) is 3. The molecule has 1 unspecified atom stereocenters. The SMILES string of the molecule is CN(C)CC1COc2ccc(C(=O)O)cc2C1. The summed E-state index contributed by atoms with van der Waals surface area (Å²) < 4.78 is 5.65. The molecule has 0 spiro atoms. The van der Waals surface area contributed by atoms with Crippen molar-refractivity contribution >= 4 is 5.97 Å². The summed E-state index contributed by atoms with van der Waals surface area (Å²) in [5.41, 5.74) is 1.33. The molecule has 92 valence electrons. The molecular weight excluding hydrogens is 218 g/mol. The molecule has 4 nitrogen and oxygen atoms in total. The summed E-state index contributed by atoms with van der Waals surface area (Å²) in [6.45, 7) is 1.66. The van der Waals surface area contributed by atoms with E-state index in [0.29, 0.717) is 18.1 Å². The highest BCUT2D eigenvalue weighted by molar-refractivity contribution is 5.88. The maximum absolute atomic E-state index is 10.9. The van der Waals surface area contributed by atoms with Crippen molar-refractivity contribution in [1.29, 1.82) is 0 Å². The van der Waals surface area contributed by atoms with E-state index in [1.807, 2.05) is 14.1 Å². The maximum Gasteiger partial charge on any atom is 0.335 e. The fourth-order valence-corrected chi connectivity index (χ4v) is 2.22. The minimum absolute atomic E-state index is 0.331. The Kier molecular flexibility index (Phi) is 3.33. The monoisotopic (exact) mass is 235 g/mol. The van der Waals surface area contributed by atoms with Crippen LogP contribution in [0.1, 0.15) is 15.9 Å². The van der Waals surface area contributed by atoms with Crippen LogP contribution in [0.4, 0.5) is 0 Å². The van der Waals surface area contributed by atoms with Crippen LogP contribution in [0, 0.1) is 5.92 Å². The van der Waals surface area contributed by atoms with Crippen molar-refractivity contribution in [2.45, 2.75) is 6.42 Å². The van der Waals surface area contributed by atoms with Gasteiger partial charge in [0.05, 0.1) is 12.2 Å². The molecule has 4 heteroatoms. The van der Waals surface area contributed by atoms with Crippen LogP contribution < -0.4 is 4.74 Å². The normalized spacial score (nSPS) is 18.6. The Labute approximate surface area is 101 Å². The third-order valence-corrected chi connectivity index (χ3v) is 2.91. The largest absolute Gasteiger partial charge is 0.493 e. The lowest BCUT2D eigenvalue weighted by Crippen LogP contribution is -2.30. The first kappa shape index (κ1) is 11.9. The number of hydrogen-bond donors (Lipinski definition) is 1. The molecule has 17 heavy (non-hydrogen) atoms. The second kappa shape index (κ2) is 4.75. The molecule has 1 aliphatic rings. The molecule has 0 saturated carbocycles. The number of carboxylic acid groups (broad SMARTS) is 1. The summed E-state index contributed by atoms with van der Waals surface area (Å²) in [4.78, 5) is 13.0. The lowest BCUT2D eigenvalue weighted by molar-refractivity contribution is 0.0696. The van der Waals surface area contributed by atoms with Crippen molar-refractivity contribution in [2.24, 2.45) is 5.92 Å². The Morgan fingerprint density at radius 1 is 1.53 bits per heavy atom. The smallest absolute Gasteiger partial charge is 0.335 e. The average molecular weight is 235 g/mol. The highest BCUT2D eigenvalue weighted by atomic mass is 16.5. The molecule has 0 aromatic heterocycles. The van der Waals surface area contributed by atoms with Gasteiger partial charge in [0.1, 0.15) is 5.75 Å². The van der Waals surface area contributed by atoms with Gasteiger partial charge in [-0.05, 0) is 44.3 Å². The fraction of sp³-hybridized carbons (Fsp3) is 0.462. The van der Waals surface area contributed by atoms with E-state index < -0.39 is 5.97 Å². The van der Waals surface area contributed by atoms with Gasteiger partial charge < -0.3 is 14.7 Å². The summed E-state index contributed by atoms with van der Waals surface area (Å²) in [5.74, 6) is 0.370. The van der Waals surface area contributed by atoms with Crippen molar-refractivity contribution in [1.82, 2.24) is 4.90 Å². The second-order valence-electron chi connectivity index (χ2n) is 4.77. The summed E-state index contributed by atoms with van der Waals surface area (Å²) in [6, 6.07) is 5.07. The van der Waals surface area contributed by atoms with Crippen LogP contribution in [0.3, 0.4) is 0 Å². The zero-order chi connectivity index (χ0) is 12.4. The molecule has 0 bridgehead atoms. The predicted molar refractivity (Wildman–Crippen MR) is 64.6 cm³/mol. The maximum atomic E-state index is 10.9. The third kappa shape index (κ3) is 2.77. The van der Waals surface area contributed by atoms with Crippen LogP contribution in [-0.2, 0) is 6.42 Å². The first-order valence-corrected chi connectivity index (χ1v) is 5.70. The van der Waals surface area contributed by atoms with E-state index in [2.05, 4.69) is 4.90 Å². The quantitative estimate of drug-likeness (QED) is 0.862. The lowest BCUT2D eigenvalue weighted by atomic mass is 9.95. The topological polar surface area (TPSA) is 49.8 Å². The Morgan fingerprint density at radius 3 is 2.94 bits per heavy atom. The number of carboxylic acids is 1. The summed E-state index contributed by atoms with van der Waals surface area (Å²) in [5, 5.41) is 8.95. The van der Waals surface area contributed by atoms with Gasteiger partial charge in [-0.25, -0.2) is 4.79 Å². The molecule has 0 saturated heterocycles. The highest BCUT2D eigenvalue weighted by Crippen LogP contribution is 2.28. The van der Waals surface area contributed by atoms with E-state index >= 15 is 0 Å². The molecule has 1 aromatic rings. The first-order valence-electron chi connectivity index (χ1n) is 5.70. The lowest BCUT2D eigenvalue weighted by Gasteiger charge is -2.27. The van der Waals surface area contributed by atoms with Crippen molar-refractivity contribution in [3.63, 3.8) is 0 Å². The molecule has 1 aromatic carbocycles. The molecule has 0 fully saturated rings. The van der Waals surface area contributed by atoms with Crippen LogP contribution >= 0.6 is 0 Å². The van der Waals surface area contributed by atoms with Gasteiger partial charge in [0, 0.05) is 12.5 Å². The van der Waals surface area contributed by atoms with Crippen molar-refractivity contribution in [3.05, 3.63) is 29.3 Å². The van der Waals surface area contributed by atoms with E-state index in [-0.39, 0.29) is 0 Å². The Bertz CT molecular complexity index is 429. The van der Waals surface area contributed by atoms with Gasteiger partial charge in [-0.1, -0.05) is 0 Å². The van der Waals surface area contributed by atoms with E-state index in [9.17, 15) is 4.79 Å². The second-order valence-corrected chi connectivity index (χ2v) is 4.77. The van der Waals surface area contributed by atoms with Gasteiger partial charge in [0.15, 0.2) is 0 Å². The molecule has 1 N–H and O–H groups in total. The Morgan fingerprint density at radius 2 is 2.29 bits per heavy atom. The van der Waals surface area contributed by atoms with Gasteiger partial charge >= 0.3 is 5.97 Å². The van der Waals surface area contributed by atoms with Crippen molar-refractivity contribution < 1.29 is 14.6 Å². The van der Waals surface area contributed by atoms with Gasteiger partial charge in [0.25, 0.3) is 0 Å². The van der Waals surface area contributed by atoms with Crippen LogP contribution in [-0.4, -0.2) is 43.2 Å². The van der Waals surface area contributed by atoms with Gasteiger partial charge in [-0.2, -0.15) is 0 Å². The molecule has 0 radical (unpaired) electrons. The molecule has 2 rings (SSSR count). The van der Waals surface area contributed by atoms with E-state index in [1.165, 1.54) is 0 Å². The van der Waals surface area contributed by atoms with Gasteiger partial charge in [0.2, 0.25) is 0 Å². The number of aromatic carboxylic acids is 1. The number of fused-ring (bicyclic) bond motifs is 1.